The molecule has 1 aliphatic heterocycles. The lowest BCUT2D eigenvalue weighted by atomic mass is 9.94. The second kappa shape index (κ2) is 6.59. The number of hydrogen-bond donors (Lipinski definition) is 1. The lowest BCUT2D eigenvalue weighted by Gasteiger charge is -2.38. The van der Waals surface area contributed by atoms with Crippen molar-refractivity contribution in [2.45, 2.75) is 45.8 Å². The highest BCUT2D eigenvalue weighted by atomic mass is 16.5. The number of piperidine rings is 1. The quantitative estimate of drug-likeness (QED) is 0.919. The molecule has 2 rings (SSSR count). The van der Waals surface area contributed by atoms with Crippen LogP contribution in [0.3, 0.4) is 0 Å². The molecule has 20 heavy (non-hydrogen) atoms. The van der Waals surface area contributed by atoms with Crippen molar-refractivity contribution in [1.29, 1.82) is 0 Å². The number of anilines is 1. The fourth-order valence-electron chi connectivity index (χ4n) is 3.09. The molecule has 3 heteroatoms. The van der Waals surface area contributed by atoms with E-state index in [0.29, 0.717) is 12.0 Å². The van der Waals surface area contributed by atoms with Gasteiger partial charge in [-0.25, -0.2) is 0 Å². The van der Waals surface area contributed by atoms with Gasteiger partial charge in [-0.15, -0.1) is 0 Å². The Labute approximate surface area is 123 Å². The van der Waals surface area contributed by atoms with Gasteiger partial charge in [0.25, 0.3) is 0 Å². The molecule has 3 unspecified atom stereocenters. The van der Waals surface area contributed by atoms with Gasteiger partial charge in [-0.3, -0.25) is 0 Å². The first-order chi connectivity index (χ1) is 9.51. The Morgan fingerprint density at radius 2 is 2.20 bits per heavy atom. The van der Waals surface area contributed by atoms with Gasteiger partial charge >= 0.3 is 0 Å². The van der Waals surface area contributed by atoms with Crippen LogP contribution in [0.25, 0.3) is 0 Å². The molecular formula is C17H28N2O. The van der Waals surface area contributed by atoms with E-state index in [0.717, 1.165) is 19.5 Å². The van der Waals surface area contributed by atoms with Crippen molar-refractivity contribution in [3.63, 3.8) is 0 Å². The molecule has 112 valence electrons. The maximum Gasteiger partial charge on any atom is 0.0772 e. The van der Waals surface area contributed by atoms with E-state index in [4.69, 9.17) is 10.5 Å². The predicted octanol–water partition coefficient (Wildman–Crippen LogP) is 2.75. The predicted molar refractivity (Wildman–Crippen MR) is 85.3 cm³/mol. The third-order valence-corrected chi connectivity index (χ3v) is 4.31. The van der Waals surface area contributed by atoms with Gasteiger partial charge in [-0.2, -0.15) is 0 Å². The number of hydrogen-bond acceptors (Lipinski definition) is 3. The number of nitrogens with zero attached hydrogens (tertiary/aromatic N) is 1. The summed E-state index contributed by atoms with van der Waals surface area (Å²) in [5.41, 5.74) is 10.0. The first kappa shape index (κ1) is 15.3. The zero-order chi connectivity index (χ0) is 14.7. The zero-order valence-corrected chi connectivity index (χ0v) is 13.2. The Balaban J connectivity index is 2.23. The number of aryl methyl sites for hydroxylation is 1. The molecule has 3 atom stereocenters. The van der Waals surface area contributed by atoms with E-state index >= 15 is 0 Å². The Bertz CT molecular complexity index is 445. The van der Waals surface area contributed by atoms with E-state index in [1.54, 1.807) is 0 Å². The van der Waals surface area contributed by atoms with Crippen LogP contribution >= 0.6 is 0 Å². The minimum Gasteiger partial charge on any atom is -0.379 e. The van der Waals surface area contributed by atoms with E-state index in [2.05, 4.69) is 43.9 Å². The summed E-state index contributed by atoms with van der Waals surface area (Å²) in [6.45, 7) is 8.58. The SMILES string of the molecule is COC1CN(c2ccc(C)cc2CC(C)N)CCC1C. The van der Waals surface area contributed by atoms with E-state index in [1.807, 2.05) is 7.11 Å². The third-order valence-electron chi connectivity index (χ3n) is 4.31. The summed E-state index contributed by atoms with van der Waals surface area (Å²) in [6.07, 6.45) is 2.44. The summed E-state index contributed by atoms with van der Waals surface area (Å²) < 4.78 is 5.63. The summed E-state index contributed by atoms with van der Waals surface area (Å²) >= 11 is 0. The van der Waals surface area contributed by atoms with Crippen LogP contribution in [-0.4, -0.2) is 32.3 Å². The van der Waals surface area contributed by atoms with Crippen LogP contribution in [0.1, 0.15) is 31.4 Å². The summed E-state index contributed by atoms with van der Waals surface area (Å²) in [6, 6.07) is 6.91. The Morgan fingerprint density at radius 3 is 2.85 bits per heavy atom. The lowest BCUT2D eigenvalue weighted by Crippen LogP contribution is -2.44. The van der Waals surface area contributed by atoms with Crippen LogP contribution in [0.2, 0.25) is 0 Å². The van der Waals surface area contributed by atoms with Crippen LogP contribution in [-0.2, 0) is 11.2 Å². The number of ether oxygens (including phenoxy) is 1. The molecule has 1 fully saturated rings. The van der Waals surface area contributed by atoms with Gasteiger partial charge in [-0.1, -0.05) is 24.6 Å². The first-order valence-corrected chi connectivity index (χ1v) is 7.64. The smallest absolute Gasteiger partial charge is 0.0772 e. The molecule has 1 saturated heterocycles. The average Bonchev–Trinajstić information content (AvgIpc) is 2.39. The molecule has 0 radical (unpaired) electrons. The first-order valence-electron chi connectivity index (χ1n) is 7.64. The van der Waals surface area contributed by atoms with Crippen LogP contribution in [0, 0.1) is 12.8 Å². The van der Waals surface area contributed by atoms with Crippen molar-refractivity contribution < 1.29 is 4.74 Å². The van der Waals surface area contributed by atoms with Crippen molar-refractivity contribution in [1.82, 2.24) is 0 Å². The van der Waals surface area contributed by atoms with Gasteiger partial charge in [0.15, 0.2) is 0 Å². The van der Waals surface area contributed by atoms with Crippen LogP contribution in [0.4, 0.5) is 5.69 Å². The number of rotatable bonds is 4. The van der Waals surface area contributed by atoms with Crippen molar-refractivity contribution in [2.24, 2.45) is 11.7 Å². The Morgan fingerprint density at radius 1 is 1.45 bits per heavy atom. The highest BCUT2D eigenvalue weighted by Crippen LogP contribution is 2.29. The van der Waals surface area contributed by atoms with Gasteiger partial charge in [-0.05, 0) is 44.2 Å². The highest BCUT2D eigenvalue weighted by molar-refractivity contribution is 5.55. The van der Waals surface area contributed by atoms with E-state index < -0.39 is 0 Å². The largest absolute Gasteiger partial charge is 0.379 e. The summed E-state index contributed by atoms with van der Waals surface area (Å²) in [4.78, 5) is 2.46. The minimum atomic E-state index is 0.192. The molecule has 0 saturated carbocycles. The van der Waals surface area contributed by atoms with Crippen molar-refractivity contribution in [2.75, 3.05) is 25.1 Å². The van der Waals surface area contributed by atoms with E-state index in [1.165, 1.54) is 23.2 Å². The molecule has 0 spiro atoms. The van der Waals surface area contributed by atoms with Gasteiger partial charge in [0.2, 0.25) is 0 Å². The van der Waals surface area contributed by atoms with E-state index in [9.17, 15) is 0 Å². The zero-order valence-electron chi connectivity index (χ0n) is 13.2. The third kappa shape index (κ3) is 3.53. The topological polar surface area (TPSA) is 38.5 Å². The number of methoxy groups -OCH3 is 1. The monoisotopic (exact) mass is 276 g/mol. The maximum absolute atomic E-state index is 6.01. The van der Waals surface area contributed by atoms with Crippen LogP contribution in [0.5, 0.6) is 0 Å². The standard InChI is InChI=1S/C17H28N2O/c1-12-5-6-16(15(9-12)10-14(3)18)19-8-7-13(2)17(11-19)20-4/h5-6,9,13-14,17H,7-8,10-11,18H2,1-4H3. The molecular weight excluding hydrogens is 248 g/mol. The maximum atomic E-state index is 6.01. The van der Waals surface area contributed by atoms with Gasteiger partial charge in [0.1, 0.15) is 0 Å². The molecule has 3 nitrogen and oxygen atoms in total. The summed E-state index contributed by atoms with van der Waals surface area (Å²) in [7, 11) is 1.82. The number of benzene rings is 1. The average molecular weight is 276 g/mol. The molecule has 0 aliphatic carbocycles. The summed E-state index contributed by atoms with van der Waals surface area (Å²) in [5.74, 6) is 0.638. The molecule has 0 aromatic heterocycles. The fraction of sp³-hybridized carbons (Fsp3) is 0.647. The Hall–Kier alpha value is -1.06. The number of nitrogens with two attached hydrogens (primary N) is 1. The minimum absolute atomic E-state index is 0.192. The van der Waals surface area contributed by atoms with Crippen molar-refractivity contribution in [3.05, 3.63) is 29.3 Å². The fourth-order valence-corrected chi connectivity index (χ4v) is 3.09. The summed E-state index contributed by atoms with van der Waals surface area (Å²) in [5, 5.41) is 0. The van der Waals surface area contributed by atoms with Crippen molar-refractivity contribution in [3.8, 4) is 0 Å². The molecule has 1 heterocycles. The lowest BCUT2D eigenvalue weighted by molar-refractivity contribution is 0.0498. The van der Waals surface area contributed by atoms with Crippen molar-refractivity contribution >= 4 is 5.69 Å². The molecule has 1 aliphatic rings. The van der Waals surface area contributed by atoms with Gasteiger partial charge in [0, 0.05) is 31.9 Å². The van der Waals surface area contributed by atoms with Gasteiger partial charge in [0.05, 0.1) is 6.10 Å². The van der Waals surface area contributed by atoms with Crippen LogP contribution < -0.4 is 10.6 Å². The van der Waals surface area contributed by atoms with Crippen LogP contribution in [0.15, 0.2) is 18.2 Å². The molecule has 0 amide bonds. The molecule has 2 N–H and O–H groups in total. The second-order valence-electron chi connectivity index (χ2n) is 6.30. The molecule has 1 aromatic rings. The van der Waals surface area contributed by atoms with E-state index in [-0.39, 0.29) is 6.04 Å². The normalized spacial score (nSPS) is 24.8. The van der Waals surface area contributed by atoms with Gasteiger partial charge < -0.3 is 15.4 Å². The Kier molecular flexibility index (Phi) is 5.06. The molecule has 0 bridgehead atoms. The molecule has 1 aromatic carbocycles. The highest BCUT2D eigenvalue weighted by Gasteiger charge is 2.27. The second-order valence-corrected chi connectivity index (χ2v) is 6.30.